The van der Waals surface area contributed by atoms with E-state index in [0.717, 1.165) is 36.8 Å². The second-order valence-corrected chi connectivity index (χ2v) is 6.72. The zero-order valence-electron chi connectivity index (χ0n) is 14.9. The Morgan fingerprint density at radius 2 is 1.60 bits per heavy atom. The summed E-state index contributed by atoms with van der Waals surface area (Å²) in [6, 6.07) is 20.7. The first-order valence-electron chi connectivity index (χ1n) is 9.29. The van der Waals surface area contributed by atoms with Crippen molar-refractivity contribution in [2.45, 2.75) is 38.2 Å². The number of carbonyl (C=O) groups is 1. The minimum Gasteiger partial charge on any atom is -0.365 e. The lowest BCUT2D eigenvalue weighted by Crippen LogP contribution is -2.37. The molecule has 3 heteroatoms. The quantitative estimate of drug-likeness (QED) is 0.742. The van der Waals surface area contributed by atoms with Crippen LogP contribution in [0, 0.1) is 5.92 Å². The summed E-state index contributed by atoms with van der Waals surface area (Å²) in [5.41, 5.74) is 1.74. The summed E-state index contributed by atoms with van der Waals surface area (Å²) >= 11 is 0. The Morgan fingerprint density at radius 1 is 1.04 bits per heavy atom. The van der Waals surface area contributed by atoms with E-state index in [4.69, 9.17) is 4.74 Å². The summed E-state index contributed by atoms with van der Waals surface area (Å²) in [7, 11) is 0. The molecule has 0 unspecified atom stereocenters. The number of amides is 1. The minimum absolute atomic E-state index is 0.186. The fourth-order valence-electron chi connectivity index (χ4n) is 3.24. The van der Waals surface area contributed by atoms with Crippen molar-refractivity contribution in [3.05, 3.63) is 71.8 Å². The Morgan fingerprint density at radius 3 is 2.08 bits per heavy atom. The minimum atomic E-state index is -0.532. The molecule has 132 valence electrons. The maximum absolute atomic E-state index is 12.0. The number of rotatable bonds is 9. The highest BCUT2D eigenvalue weighted by molar-refractivity contribution is 5.80. The molecule has 0 spiro atoms. The summed E-state index contributed by atoms with van der Waals surface area (Å²) in [5.74, 6) is 0.421. The van der Waals surface area contributed by atoms with E-state index in [0.29, 0.717) is 13.2 Å². The van der Waals surface area contributed by atoms with Crippen LogP contribution in [0.4, 0.5) is 0 Å². The molecule has 0 saturated heterocycles. The molecule has 3 rings (SSSR count). The Balaban J connectivity index is 1.88. The average molecular weight is 337 g/mol. The molecular weight excluding hydrogens is 310 g/mol. The Labute approximate surface area is 150 Å². The van der Waals surface area contributed by atoms with Crippen LogP contribution in [0.3, 0.4) is 0 Å². The molecule has 0 heterocycles. The largest absolute Gasteiger partial charge is 0.365 e. The van der Waals surface area contributed by atoms with Crippen LogP contribution in [0.25, 0.3) is 0 Å². The van der Waals surface area contributed by atoms with Gasteiger partial charge in [0.2, 0.25) is 5.91 Å². The van der Waals surface area contributed by atoms with Crippen molar-refractivity contribution < 1.29 is 9.53 Å². The van der Waals surface area contributed by atoms with E-state index in [1.54, 1.807) is 0 Å². The van der Waals surface area contributed by atoms with Gasteiger partial charge in [-0.1, -0.05) is 67.6 Å². The second kappa shape index (κ2) is 8.30. The molecule has 2 aromatic carbocycles. The van der Waals surface area contributed by atoms with Gasteiger partial charge in [0.05, 0.1) is 0 Å². The van der Waals surface area contributed by atoms with Crippen LogP contribution < -0.4 is 5.32 Å². The molecule has 3 nitrogen and oxygen atoms in total. The van der Waals surface area contributed by atoms with Crippen LogP contribution >= 0.6 is 0 Å². The molecule has 1 N–H and O–H groups in total. The normalized spacial score (nSPS) is 14.3. The van der Waals surface area contributed by atoms with E-state index in [-0.39, 0.29) is 11.8 Å². The maximum Gasteiger partial charge on any atom is 0.223 e. The van der Waals surface area contributed by atoms with Crippen molar-refractivity contribution in [3.8, 4) is 0 Å². The number of ether oxygens (including phenoxy) is 1. The van der Waals surface area contributed by atoms with Crippen molar-refractivity contribution >= 4 is 5.91 Å². The third kappa shape index (κ3) is 4.29. The first-order chi connectivity index (χ1) is 12.3. The van der Waals surface area contributed by atoms with Gasteiger partial charge in [0.15, 0.2) is 0 Å². The molecular formula is C22H27NO2. The van der Waals surface area contributed by atoms with Crippen molar-refractivity contribution in [1.29, 1.82) is 0 Å². The van der Waals surface area contributed by atoms with Crippen molar-refractivity contribution in [1.82, 2.24) is 5.32 Å². The van der Waals surface area contributed by atoms with Crippen molar-refractivity contribution in [3.63, 3.8) is 0 Å². The van der Waals surface area contributed by atoms with Gasteiger partial charge in [-0.15, -0.1) is 0 Å². The molecule has 0 radical (unpaired) electrons. The molecule has 25 heavy (non-hydrogen) atoms. The van der Waals surface area contributed by atoms with Crippen LogP contribution in [0.15, 0.2) is 60.7 Å². The molecule has 1 amide bonds. The number of benzene rings is 2. The van der Waals surface area contributed by atoms with Gasteiger partial charge < -0.3 is 10.1 Å². The summed E-state index contributed by atoms with van der Waals surface area (Å²) in [6.07, 6.45) is 3.73. The lowest BCUT2D eigenvalue weighted by Gasteiger charge is -2.35. The van der Waals surface area contributed by atoms with Crippen molar-refractivity contribution in [2.75, 3.05) is 13.2 Å². The molecule has 1 saturated carbocycles. The van der Waals surface area contributed by atoms with E-state index in [1.165, 1.54) is 0 Å². The highest BCUT2D eigenvalue weighted by atomic mass is 16.5. The van der Waals surface area contributed by atoms with Gasteiger partial charge in [-0.2, -0.15) is 0 Å². The van der Waals surface area contributed by atoms with Gasteiger partial charge in [0.25, 0.3) is 0 Å². The summed E-state index contributed by atoms with van der Waals surface area (Å²) < 4.78 is 6.46. The van der Waals surface area contributed by atoms with E-state index in [2.05, 4.69) is 36.5 Å². The average Bonchev–Trinajstić information content (AvgIpc) is 3.51. The lowest BCUT2D eigenvalue weighted by molar-refractivity contribution is -0.122. The van der Waals surface area contributed by atoms with Gasteiger partial charge >= 0.3 is 0 Å². The van der Waals surface area contributed by atoms with Crippen molar-refractivity contribution in [2.24, 2.45) is 5.92 Å². The Bertz CT molecular complexity index is 625. The van der Waals surface area contributed by atoms with Crippen LogP contribution in [-0.2, 0) is 15.1 Å². The predicted molar refractivity (Wildman–Crippen MR) is 100 cm³/mol. The standard InChI is InChI=1S/C22H27NO2/c1-2-17-25-22(19-9-5-3-6-10-19,20-11-7-4-8-12-20)15-16-23-21(24)18-13-14-18/h3-12,18H,2,13-17H2,1H3,(H,23,24). The van der Waals surface area contributed by atoms with Crippen LogP contribution in [0.5, 0.6) is 0 Å². The fraction of sp³-hybridized carbons (Fsp3) is 0.409. The van der Waals surface area contributed by atoms with Gasteiger partial charge in [-0.05, 0) is 30.4 Å². The fourth-order valence-corrected chi connectivity index (χ4v) is 3.24. The Kier molecular flexibility index (Phi) is 5.87. The third-order valence-corrected chi connectivity index (χ3v) is 4.76. The zero-order chi connectivity index (χ0) is 17.5. The predicted octanol–water partition coefficient (Wildman–Crippen LogP) is 4.27. The molecule has 1 aliphatic carbocycles. The monoisotopic (exact) mass is 337 g/mol. The topological polar surface area (TPSA) is 38.3 Å². The zero-order valence-corrected chi connectivity index (χ0v) is 14.9. The third-order valence-electron chi connectivity index (χ3n) is 4.76. The highest BCUT2D eigenvalue weighted by Gasteiger charge is 2.36. The number of hydrogen-bond donors (Lipinski definition) is 1. The van der Waals surface area contributed by atoms with E-state index >= 15 is 0 Å². The first-order valence-corrected chi connectivity index (χ1v) is 9.29. The molecule has 1 fully saturated rings. The van der Waals surface area contributed by atoms with Gasteiger partial charge in [0, 0.05) is 25.5 Å². The lowest BCUT2D eigenvalue weighted by atomic mass is 9.83. The van der Waals surface area contributed by atoms with Gasteiger partial charge in [-0.25, -0.2) is 0 Å². The van der Waals surface area contributed by atoms with Gasteiger partial charge in [-0.3, -0.25) is 4.79 Å². The number of nitrogens with one attached hydrogen (secondary N) is 1. The molecule has 0 bridgehead atoms. The van der Waals surface area contributed by atoms with Crippen LogP contribution in [0.1, 0.15) is 43.7 Å². The van der Waals surface area contributed by atoms with Crippen LogP contribution in [0.2, 0.25) is 0 Å². The Hall–Kier alpha value is -2.13. The molecule has 1 aliphatic rings. The van der Waals surface area contributed by atoms with Gasteiger partial charge in [0.1, 0.15) is 5.60 Å². The molecule has 2 aromatic rings. The van der Waals surface area contributed by atoms with E-state index in [9.17, 15) is 4.79 Å². The molecule has 0 atom stereocenters. The number of carbonyl (C=O) groups excluding carboxylic acids is 1. The first kappa shape index (κ1) is 17.7. The summed E-state index contributed by atoms with van der Waals surface area (Å²) in [4.78, 5) is 12.0. The van der Waals surface area contributed by atoms with E-state index in [1.807, 2.05) is 36.4 Å². The maximum atomic E-state index is 12.0. The SMILES string of the molecule is CCCOC(CCNC(=O)C1CC1)(c1ccccc1)c1ccccc1. The molecule has 0 aromatic heterocycles. The smallest absolute Gasteiger partial charge is 0.223 e. The van der Waals surface area contributed by atoms with Crippen LogP contribution in [-0.4, -0.2) is 19.1 Å². The molecule has 0 aliphatic heterocycles. The summed E-state index contributed by atoms with van der Waals surface area (Å²) in [6.45, 7) is 3.42. The summed E-state index contributed by atoms with van der Waals surface area (Å²) in [5, 5.41) is 3.10. The second-order valence-electron chi connectivity index (χ2n) is 6.72. The number of hydrogen-bond acceptors (Lipinski definition) is 2. The highest BCUT2D eigenvalue weighted by Crippen LogP contribution is 2.37. The van der Waals surface area contributed by atoms with E-state index < -0.39 is 5.60 Å².